The molecule has 0 fully saturated rings. The summed E-state index contributed by atoms with van der Waals surface area (Å²) in [4.78, 5) is 0. The lowest BCUT2D eigenvalue weighted by Crippen LogP contribution is -1.96. The van der Waals surface area contributed by atoms with Gasteiger partial charge in [0.25, 0.3) is 0 Å². The zero-order valence-electron chi connectivity index (χ0n) is 15.0. The maximum Gasteiger partial charge on any atom is 0.167 e. The van der Waals surface area contributed by atoms with Crippen LogP contribution in [0.4, 0.5) is 13.2 Å². The van der Waals surface area contributed by atoms with Crippen LogP contribution in [0.1, 0.15) is 31.4 Å². The van der Waals surface area contributed by atoms with Gasteiger partial charge in [0.1, 0.15) is 5.82 Å². The van der Waals surface area contributed by atoms with Gasteiger partial charge in [0.2, 0.25) is 0 Å². The fourth-order valence-corrected chi connectivity index (χ4v) is 3.12. The van der Waals surface area contributed by atoms with E-state index < -0.39 is 17.5 Å². The van der Waals surface area contributed by atoms with Crippen LogP contribution in [-0.2, 0) is 12.8 Å². The molecule has 0 saturated carbocycles. The van der Waals surface area contributed by atoms with Gasteiger partial charge in [-0.1, -0.05) is 68.8 Å². The molecule has 0 bridgehead atoms. The monoisotopic (exact) mass is 354 g/mol. The summed E-state index contributed by atoms with van der Waals surface area (Å²) in [6.07, 6.45) is 2.66. The number of hydrogen-bond acceptors (Lipinski definition) is 0. The third-order valence-corrected chi connectivity index (χ3v) is 4.62. The Kier molecular flexibility index (Phi) is 5.46. The molecule has 0 spiro atoms. The standard InChI is InChI=1S/C23H21F3/c1-3-5-16-6-9-17(10-7-16)18-12-13-20(23(26)22(18)25)19-11-8-15(4-2)14-21(19)24/h6-14H,3-5H2,1-2H3. The first kappa shape index (κ1) is 18.2. The Balaban J connectivity index is 2.01. The third-order valence-electron chi connectivity index (χ3n) is 4.62. The van der Waals surface area contributed by atoms with E-state index >= 15 is 0 Å². The fourth-order valence-electron chi connectivity index (χ4n) is 3.12. The van der Waals surface area contributed by atoms with Gasteiger partial charge in [0.05, 0.1) is 0 Å². The summed E-state index contributed by atoms with van der Waals surface area (Å²) in [5, 5.41) is 0. The second-order valence-electron chi connectivity index (χ2n) is 6.40. The first-order valence-corrected chi connectivity index (χ1v) is 8.91. The minimum Gasteiger partial charge on any atom is -0.206 e. The Morgan fingerprint density at radius 1 is 0.654 bits per heavy atom. The quantitative estimate of drug-likeness (QED) is 0.465. The number of halogens is 3. The summed E-state index contributed by atoms with van der Waals surface area (Å²) in [7, 11) is 0. The van der Waals surface area contributed by atoms with Crippen molar-refractivity contribution in [3.05, 3.63) is 83.2 Å². The van der Waals surface area contributed by atoms with E-state index in [0.29, 0.717) is 12.0 Å². The zero-order chi connectivity index (χ0) is 18.7. The summed E-state index contributed by atoms with van der Waals surface area (Å²) in [6, 6.07) is 15.0. The van der Waals surface area contributed by atoms with Crippen molar-refractivity contribution in [1.82, 2.24) is 0 Å². The van der Waals surface area contributed by atoms with Gasteiger partial charge in [0, 0.05) is 16.7 Å². The van der Waals surface area contributed by atoms with E-state index in [1.807, 2.05) is 19.1 Å². The predicted octanol–water partition coefficient (Wildman–Crippen LogP) is 6.95. The maximum atomic E-state index is 14.7. The molecule has 26 heavy (non-hydrogen) atoms. The Labute approximate surface area is 152 Å². The van der Waals surface area contributed by atoms with E-state index in [0.717, 1.165) is 24.0 Å². The Hall–Kier alpha value is -2.55. The molecule has 0 aliphatic rings. The summed E-state index contributed by atoms with van der Waals surface area (Å²) in [6.45, 7) is 4.00. The molecule has 0 aliphatic heterocycles. The molecule has 0 N–H and O–H groups in total. The van der Waals surface area contributed by atoms with Crippen molar-refractivity contribution in [3.8, 4) is 22.3 Å². The second-order valence-corrected chi connectivity index (χ2v) is 6.40. The highest BCUT2D eigenvalue weighted by Crippen LogP contribution is 2.33. The molecule has 3 rings (SSSR count). The van der Waals surface area contributed by atoms with Crippen LogP contribution in [0.25, 0.3) is 22.3 Å². The molecule has 0 unspecified atom stereocenters. The molecular weight excluding hydrogens is 333 g/mol. The van der Waals surface area contributed by atoms with Crippen LogP contribution in [0.3, 0.4) is 0 Å². The lowest BCUT2D eigenvalue weighted by Gasteiger charge is -2.11. The average molecular weight is 354 g/mol. The van der Waals surface area contributed by atoms with Crippen LogP contribution < -0.4 is 0 Å². The summed E-state index contributed by atoms with van der Waals surface area (Å²) < 4.78 is 43.6. The van der Waals surface area contributed by atoms with E-state index in [1.54, 1.807) is 18.2 Å². The van der Waals surface area contributed by atoms with Gasteiger partial charge < -0.3 is 0 Å². The van der Waals surface area contributed by atoms with Crippen molar-refractivity contribution >= 4 is 0 Å². The van der Waals surface area contributed by atoms with Crippen LogP contribution in [0.2, 0.25) is 0 Å². The number of rotatable bonds is 5. The van der Waals surface area contributed by atoms with Gasteiger partial charge in [0.15, 0.2) is 11.6 Å². The number of aryl methyl sites for hydroxylation is 2. The van der Waals surface area contributed by atoms with E-state index in [4.69, 9.17) is 0 Å². The van der Waals surface area contributed by atoms with Crippen molar-refractivity contribution in [1.29, 1.82) is 0 Å². The molecule has 0 heterocycles. The van der Waals surface area contributed by atoms with Gasteiger partial charge in [-0.3, -0.25) is 0 Å². The fraction of sp³-hybridized carbons (Fsp3) is 0.217. The summed E-state index contributed by atoms with van der Waals surface area (Å²) in [5.74, 6) is -2.52. The molecule has 3 heteroatoms. The van der Waals surface area contributed by atoms with E-state index in [2.05, 4.69) is 6.92 Å². The molecular formula is C23H21F3. The second kappa shape index (κ2) is 7.77. The van der Waals surface area contributed by atoms with Gasteiger partial charge in [-0.25, -0.2) is 13.2 Å². The van der Waals surface area contributed by atoms with Crippen LogP contribution in [0.5, 0.6) is 0 Å². The van der Waals surface area contributed by atoms with Crippen molar-refractivity contribution < 1.29 is 13.2 Å². The maximum absolute atomic E-state index is 14.7. The smallest absolute Gasteiger partial charge is 0.167 e. The Morgan fingerprint density at radius 2 is 1.23 bits per heavy atom. The van der Waals surface area contributed by atoms with Crippen LogP contribution >= 0.6 is 0 Å². The molecule has 0 aliphatic carbocycles. The number of benzene rings is 3. The molecule has 0 atom stereocenters. The Morgan fingerprint density at radius 3 is 1.85 bits per heavy atom. The van der Waals surface area contributed by atoms with Gasteiger partial charge in [-0.15, -0.1) is 0 Å². The lowest BCUT2D eigenvalue weighted by atomic mass is 9.96. The van der Waals surface area contributed by atoms with Gasteiger partial charge >= 0.3 is 0 Å². The van der Waals surface area contributed by atoms with E-state index in [9.17, 15) is 13.2 Å². The molecule has 0 aromatic heterocycles. The SMILES string of the molecule is CCCc1ccc(-c2ccc(-c3ccc(CC)cc3F)c(F)c2F)cc1. The molecule has 3 aromatic rings. The molecule has 3 aromatic carbocycles. The third kappa shape index (κ3) is 3.52. The largest absolute Gasteiger partial charge is 0.206 e. The molecule has 0 amide bonds. The lowest BCUT2D eigenvalue weighted by molar-refractivity contribution is 0.513. The minimum absolute atomic E-state index is 0.0611. The van der Waals surface area contributed by atoms with Crippen molar-refractivity contribution in [2.45, 2.75) is 33.1 Å². The van der Waals surface area contributed by atoms with Gasteiger partial charge in [-0.2, -0.15) is 0 Å². The summed E-state index contributed by atoms with van der Waals surface area (Å²) >= 11 is 0. The first-order valence-electron chi connectivity index (χ1n) is 8.91. The molecule has 0 nitrogen and oxygen atoms in total. The average Bonchev–Trinajstić information content (AvgIpc) is 2.65. The highest BCUT2D eigenvalue weighted by atomic mass is 19.2. The first-order chi connectivity index (χ1) is 12.5. The van der Waals surface area contributed by atoms with E-state index in [1.165, 1.54) is 24.3 Å². The normalized spacial score (nSPS) is 11.0. The molecule has 134 valence electrons. The van der Waals surface area contributed by atoms with Gasteiger partial charge in [-0.05, 0) is 35.6 Å². The predicted molar refractivity (Wildman–Crippen MR) is 101 cm³/mol. The molecule has 0 radical (unpaired) electrons. The number of hydrogen-bond donors (Lipinski definition) is 0. The summed E-state index contributed by atoms with van der Waals surface area (Å²) in [5.41, 5.74) is 2.77. The van der Waals surface area contributed by atoms with Crippen molar-refractivity contribution in [2.24, 2.45) is 0 Å². The highest BCUT2D eigenvalue weighted by molar-refractivity contribution is 5.72. The van der Waals surface area contributed by atoms with Crippen LogP contribution in [-0.4, -0.2) is 0 Å². The van der Waals surface area contributed by atoms with Crippen LogP contribution in [0, 0.1) is 17.5 Å². The van der Waals surface area contributed by atoms with Crippen molar-refractivity contribution in [3.63, 3.8) is 0 Å². The zero-order valence-corrected chi connectivity index (χ0v) is 15.0. The topological polar surface area (TPSA) is 0 Å². The minimum atomic E-state index is -1.02. The Bertz CT molecular complexity index is 911. The van der Waals surface area contributed by atoms with Crippen molar-refractivity contribution in [2.75, 3.05) is 0 Å². The van der Waals surface area contributed by atoms with Crippen LogP contribution in [0.15, 0.2) is 54.6 Å². The molecule has 0 saturated heterocycles. The van der Waals surface area contributed by atoms with E-state index in [-0.39, 0.29) is 16.7 Å². The highest BCUT2D eigenvalue weighted by Gasteiger charge is 2.18.